The number of nitriles is 1. The van der Waals surface area contributed by atoms with Crippen LogP contribution in [0.2, 0.25) is 0 Å². The van der Waals surface area contributed by atoms with E-state index in [-0.39, 0.29) is 22.5 Å². The fourth-order valence-electron chi connectivity index (χ4n) is 1.28. The molecular formula is C10H10N6O3S. The van der Waals surface area contributed by atoms with Crippen molar-refractivity contribution < 1.29 is 13.2 Å². The van der Waals surface area contributed by atoms with Gasteiger partial charge in [0.2, 0.25) is 5.95 Å². The maximum Gasteiger partial charge on any atom is 0.337 e. The second kappa shape index (κ2) is 5.54. The molecule has 0 spiro atoms. The zero-order valence-electron chi connectivity index (χ0n) is 10.4. The van der Waals surface area contributed by atoms with E-state index in [1.54, 1.807) is 13.0 Å². The molecule has 2 N–H and O–H groups in total. The first kappa shape index (κ1) is 13.8. The molecule has 0 fully saturated rings. The van der Waals surface area contributed by atoms with E-state index in [9.17, 15) is 8.42 Å². The first-order valence-electron chi connectivity index (χ1n) is 5.49. The first-order chi connectivity index (χ1) is 9.55. The number of H-pyrrole nitrogens is 1. The highest BCUT2D eigenvalue weighted by Gasteiger charge is 2.17. The lowest BCUT2D eigenvalue weighted by Gasteiger charge is -2.03. The van der Waals surface area contributed by atoms with Gasteiger partial charge in [0.05, 0.1) is 6.61 Å². The summed E-state index contributed by atoms with van der Waals surface area (Å²) in [5.41, 5.74) is 0.127. The summed E-state index contributed by atoms with van der Waals surface area (Å²) in [6.45, 7) is 2.12. The van der Waals surface area contributed by atoms with E-state index in [2.05, 4.69) is 24.9 Å². The van der Waals surface area contributed by atoms with Crippen LogP contribution in [-0.2, 0) is 10.0 Å². The van der Waals surface area contributed by atoms with Gasteiger partial charge in [-0.15, -0.1) is 5.10 Å². The second-order valence-corrected chi connectivity index (χ2v) is 5.18. The Morgan fingerprint density at radius 3 is 2.90 bits per heavy atom. The summed E-state index contributed by atoms with van der Waals surface area (Å²) in [5.74, 6) is -0.0715. The second-order valence-electron chi connectivity index (χ2n) is 3.50. The number of anilines is 1. The van der Waals surface area contributed by atoms with Crippen LogP contribution in [-0.4, -0.2) is 35.2 Å². The molecular weight excluding hydrogens is 284 g/mol. The van der Waals surface area contributed by atoms with Crippen molar-refractivity contribution in [1.29, 1.82) is 5.26 Å². The van der Waals surface area contributed by atoms with Gasteiger partial charge in [-0.1, -0.05) is 0 Å². The molecule has 9 nitrogen and oxygen atoms in total. The molecule has 0 saturated carbocycles. The molecule has 2 aromatic heterocycles. The number of nitrogens with zero attached hydrogens (tertiary/aromatic N) is 4. The van der Waals surface area contributed by atoms with Gasteiger partial charge in [-0.25, -0.2) is 23.2 Å². The van der Waals surface area contributed by atoms with Gasteiger partial charge in [-0.3, -0.25) is 0 Å². The number of aromatic nitrogens is 4. The minimum atomic E-state index is -3.85. The maximum atomic E-state index is 12.0. The third-order valence-electron chi connectivity index (χ3n) is 2.13. The summed E-state index contributed by atoms with van der Waals surface area (Å²) < 4.78 is 31.2. The molecule has 0 aromatic carbocycles. The molecule has 0 radical (unpaired) electrons. The Morgan fingerprint density at radius 1 is 1.50 bits per heavy atom. The number of hydrogen-bond acceptors (Lipinski definition) is 7. The van der Waals surface area contributed by atoms with Crippen molar-refractivity contribution in [2.75, 3.05) is 11.3 Å². The normalized spacial score (nSPS) is 10.8. The zero-order chi connectivity index (χ0) is 14.6. The van der Waals surface area contributed by atoms with E-state index >= 15 is 0 Å². The minimum absolute atomic E-state index is 0.0446. The lowest BCUT2D eigenvalue weighted by atomic mass is 10.4. The standard InChI is InChI=1S/C10H10N6O3S/c1-2-19-10-13-9(14-15-10)16-20(17,18)8-4-3-7(5-11)12-6-8/h3-4,6H,2H2,1H3,(H2,13,14,15,16). The van der Waals surface area contributed by atoms with Crippen LogP contribution in [0, 0.1) is 11.3 Å². The van der Waals surface area contributed by atoms with Crippen molar-refractivity contribution >= 4 is 16.0 Å². The number of hydrogen-bond donors (Lipinski definition) is 2. The molecule has 0 amide bonds. The number of aromatic amines is 1. The highest BCUT2D eigenvalue weighted by atomic mass is 32.2. The Balaban J connectivity index is 2.19. The van der Waals surface area contributed by atoms with E-state index in [4.69, 9.17) is 10.00 Å². The van der Waals surface area contributed by atoms with E-state index in [1.165, 1.54) is 12.1 Å². The van der Waals surface area contributed by atoms with Crippen molar-refractivity contribution in [3.63, 3.8) is 0 Å². The van der Waals surface area contributed by atoms with Gasteiger partial charge in [-0.2, -0.15) is 10.2 Å². The summed E-state index contributed by atoms with van der Waals surface area (Å²) in [6.07, 6.45) is 1.08. The van der Waals surface area contributed by atoms with Crippen molar-refractivity contribution in [2.24, 2.45) is 0 Å². The number of ether oxygens (including phenoxy) is 1. The van der Waals surface area contributed by atoms with Crippen LogP contribution in [0.3, 0.4) is 0 Å². The van der Waals surface area contributed by atoms with Gasteiger partial charge in [0, 0.05) is 6.20 Å². The van der Waals surface area contributed by atoms with Crippen LogP contribution in [0.4, 0.5) is 5.95 Å². The number of pyridine rings is 1. The lowest BCUT2D eigenvalue weighted by Crippen LogP contribution is -2.14. The molecule has 20 heavy (non-hydrogen) atoms. The third kappa shape index (κ3) is 3.01. The fourth-order valence-corrected chi connectivity index (χ4v) is 2.18. The highest BCUT2D eigenvalue weighted by Crippen LogP contribution is 2.13. The van der Waals surface area contributed by atoms with E-state index in [0.717, 1.165) is 6.20 Å². The van der Waals surface area contributed by atoms with Crippen molar-refractivity contribution in [3.05, 3.63) is 24.0 Å². The van der Waals surface area contributed by atoms with Crippen LogP contribution in [0.25, 0.3) is 0 Å². The summed E-state index contributed by atoms with van der Waals surface area (Å²) in [4.78, 5) is 7.39. The largest absolute Gasteiger partial charge is 0.463 e. The lowest BCUT2D eigenvalue weighted by molar-refractivity contribution is 0.314. The SMILES string of the molecule is CCOc1n[nH]c(NS(=O)(=O)c2ccc(C#N)nc2)n1. The maximum absolute atomic E-state index is 12.0. The van der Waals surface area contributed by atoms with Gasteiger partial charge in [0.25, 0.3) is 10.0 Å². The Labute approximate surface area is 114 Å². The van der Waals surface area contributed by atoms with Gasteiger partial charge in [0.15, 0.2) is 0 Å². The number of sulfonamides is 1. The monoisotopic (exact) mass is 294 g/mol. The Morgan fingerprint density at radius 2 is 2.30 bits per heavy atom. The van der Waals surface area contributed by atoms with Crippen LogP contribution >= 0.6 is 0 Å². The van der Waals surface area contributed by atoms with E-state index in [0.29, 0.717) is 6.61 Å². The van der Waals surface area contributed by atoms with E-state index < -0.39 is 10.0 Å². The quantitative estimate of drug-likeness (QED) is 0.808. The predicted octanol–water partition coefficient (Wildman–Crippen LogP) is 0.271. The summed E-state index contributed by atoms with van der Waals surface area (Å²) in [5, 5.41) is 14.7. The summed E-state index contributed by atoms with van der Waals surface area (Å²) in [6, 6.07) is 4.42. The van der Waals surface area contributed by atoms with Crippen LogP contribution in [0.1, 0.15) is 12.6 Å². The topological polar surface area (TPSA) is 134 Å². The molecule has 0 atom stereocenters. The van der Waals surface area contributed by atoms with Gasteiger partial charge in [-0.05, 0) is 19.1 Å². The van der Waals surface area contributed by atoms with Crippen molar-refractivity contribution in [2.45, 2.75) is 11.8 Å². The molecule has 0 aliphatic carbocycles. The molecule has 0 bridgehead atoms. The average Bonchev–Trinajstić information content (AvgIpc) is 2.86. The molecule has 104 valence electrons. The number of nitrogens with one attached hydrogen (secondary N) is 2. The van der Waals surface area contributed by atoms with Crippen molar-refractivity contribution in [3.8, 4) is 12.1 Å². The summed E-state index contributed by atoms with van der Waals surface area (Å²) in [7, 11) is -3.85. The van der Waals surface area contributed by atoms with Crippen molar-refractivity contribution in [1.82, 2.24) is 20.2 Å². The molecule has 0 aliphatic rings. The van der Waals surface area contributed by atoms with Gasteiger partial charge < -0.3 is 4.74 Å². The third-order valence-corrected chi connectivity index (χ3v) is 3.45. The van der Waals surface area contributed by atoms with Crippen LogP contribution in [0.15, 0.2) is 23.2 Å². The smallest absolute Gasteiger partial charge is 0.337 e. The Kier molecular flexibility index (Phi) is 3.81. The molecule has 2 rings (SSSR count). The Hall–Kier alpha value is -2.67. The molecule has 2 heterocycles. The molecule has 0 aliphatic heterocycles. The molecule has 0 unspecified atom stereocenters. The first-order valence-corrected chi connectivity index (χ1v) is 6.97. The van der Waals surface area contributed by atoms with Crippen LogP contribution in [0.5, 0.6) is 6.01 Å². The average molecular weight is 294 g/mol. The highest BCUT2D eigenvalue weighted by molar-refractivity contribution is 7.92. The Bertz CT molecular complexity index is 731. The van der Waals surface area contributed by atoms with Gasteiger partial charge >= 0.3 is 6.01 Å². The molecule has 2 aromatic rings. The fraction of sp³-hybridized carbons (Fsp3) is 0.200. The molecule has 10 heteroatoms. The van der Waals surface area contributed by atoms with Gasteiger partial charge in [0.1, 0.15) is 16.7 Å². The molecule has 0 saturated heterocycles. The predicted molar refractivity (Wildman–Crippen MR) is 67.3 cm³/mol. The van der Waals surface area contributed by atoms with E-state index in [1.807, 2.05) is 0 Å². The number of rotatable bonds is 5. The minimum Gasteiger partial charge on any atom is -0.463 e. The summed E-state index contributed by atoms with van der Waals surface area (Å²) >= 11 is 0. The zero-order valence-corrected chi connectivity index (χ0v) is 11.2. The van der Waals surface area contributed by atoms with Crippen LogP contribution < -0.4 is 9.46 Å².